The standard InChI is InChI=1S/C22H18N4O3/c1-15(27)17-9-5-10-18(13-17)23-20(28)14-26-12-6-11-19(26)22-24-21(25-29-22)16-7-3-2-4-8-16/h2-13H,14H2,1H3,(H,23,28). The highest BCUT2D eigenvalue weighted by Gasteiger charge is 2.15. The predicted molar refractivity (Wildman–Crippen MR) is 108 cm³/mol. The quantitative estimate of drug-likeness (QED) is 0.505. The lowest BCUT2D eigenvalue weighted by Gasteiger charge is -2.09. The topological polar surface area (TPSA) is 90.0 Å². The number of ketones is 1. The molecular weight excluding hydrogens is 368 g/mol. The second kappa shape index (κ2) is 7.93. The molecule has 0 saturated heterocycles. The lowest BCUT2D eigenvalue weighted by Crippen LogP contribution is -2.19. The van der Waals surface area contributed by atoms with E-state index in [0.29, 0.717) is 28.7 Å². The molecule has 0 radical (unpaired) electrons. The maximum absolute atomic E-state index is 12.5. The predicted octanol–water partition coefficient (Wildman–Crippen LogP) is 4.05. The molecule has 0 fully saturated rings. The normalized spacial score (nSPS) is 10.7. The summed E-state index contributed by atoms with van der Waals surface area (Å²) in [6.45, 7) is 1.55. The van der Waals surface area contributed by atoms with Gasteiger partial charge in [0, 0.05) is 23.0 Å². The number of carbonyl (C=O) groups excluding carboxylic acids is 2. The number of amides is 1. The first-order valence-corrected chi connectivity index (χ1v) is 9.05. The van der Waals surface area contributed by atoms with Gasteiger partial charge in [0.2, 0.25) is 11.7 Å². The van der Waals surface area contributed by atoms with E-state index < -0.39 is 0 Å². The summed E-state index contributed by atoms with van der Waals surface area (Å²) in [5, 5.41) is 6.83. The monoisotopic (exact) mass is 386 g/mol. The Kier molecular flexibility index (Phi) is 5.03. The van der Waals surface area contributed by atoms with E-state index in [1.54, 1.807) is 35.0 Å². The summed E-state index contributed by atoms with van der Waals surface area (Å²) in [7, 11) is 0. The van der Waals surface area contributed by atoms with Crippen LogP contribution in [0.4, 0.5) is 5.69 Å². The van der Waals surface area contributed by atoms with Crippen LogP contribution >= 0.6 is 0 Å². The van der Waals surface area contributed by atoms with Gasteiger partial charge in [-0.1, -0.05) is 47.6 Å². The van der Waals surface area contributed by atoms with Crippen LogP contribution in [-0.2, 0) is 11.3 Å². The molecule has 0 unspecified atom stereocenters. The fourth-order valence-corrected chi connectivity index (χ4v) is 2.95. The maximum atomic E-state index is 12.5. The third kappa shape index (κ3) is 4.14. The summed E-state index contributed by atoms with van der Waals surface area (Å²) in [6, 6.07) is 20.0. The maximum Gasteiger partial charge on any atom is 0.274 e. The fourth-order valence-electron chi connectivity index (χ4n) is 2.95. The second-order valence-electron chi connectivity index (χ2n) is 6.50. The van der Waals surface area contributed by atoms with Gasteiger partial charge < -0.3 is 14.4 Å². The highest BCUT2D eigenvalue weighted by Crippen LogP contribution is 2.22. The number of aromatic nitrogens is 3. The third-order valence-electron chi connectivity index (χ3n) is 4.37. The van der Waals surface area contributed by atoms with Crippen LogP contribution in [0, 0.1) is 0 Å². The zero-order valence-electron chi connectivity index (χ0n) is 15.7. The van der Waals surface area contributed by atoms with Gasteiger partial charge in [0.1, 0.15) is 12.2 Å². The molecule has 7 heteroatoms. The summed E-state index contributed by atoms with van der Waals surface area (Å²) in [6.07, 6.45) is 1.77. The molecule has 2 aromatic carbocycles. The van der Waals surface area contributed by atoms with E-state index in [1.165, 1.54) is 6.92 Å². The Hall–Kier alpha value is -4.00. The minimum Gasteiger partial charge on any atom is -0.334 e. The van der Waals surface area contributed by atoms with Crippen LogP contribution in [0.1, 0.15) is 17.3 Å². The van der Waals surface area contributed by atoms with Gasteiger partial charge in [-0.05, 0) is 31.2 Å². The molecular formula is C22H18N4O3. The Morgan fingerprint density at radius 2 is 1.86 bits per heavy atom. The summed E-state index contributed by atoms with van der Waals surface area (Å²) in [5.41, 5.74) is 2.61. The van der Waals surface area contributed by atoms with E-state index in [-0.39, 0.29) is 18.2 Å². The SMILES string of the molecule is CC(=O)c1cccc(NC(=O)Cn2cccc2-c2nc(-c3ccccc3)no2)c1. The number of hydrogen-bond acceptors (Lipinski definition) is 5. The molecule has 2 aromatic heterocycles. The van der Waals surface area contributed by atoms with Gasteiger partial charge in [-0.3, -0.25) is 9.59 Å². The van der Waals surface area contributed by atoms with Crippen molar-refractivity contribution >= 4 is 17.4 Å². The van der Waals surface area contributed by atoms with E-state index >= 15 is 0 Å². The Morgan fingerprint density at radius 3 is 2.66 bits per heavy atom. The van der Waals surface area contributed by atoms with Crippen LogP contribution in [0.3, 0.4) is 0 Å². The zero-order valence-corrected chi connectivity index (χ0v) is 15.7. The van der Waals surface area contributed by atoms with Gasteiger partial charge in [-0.15, -0.1) is 0 Å². The van der Waals surface area contributed by atoms with Gasteiger partial charge in [0.05, 0.1) is 0 Å². The van der Waals surface area contributed by atoms with Crippen molar-refractivity contribution in [2.45, 2.75) is 13.5 Å². The highest BCUT2D eigenvalue weighted by atomic mass is 16.5. The third-order valence-corrected chi connectivity index (χ3v) is 4.37. The zero-order chi connectivity index (χ0) is 20.2. The number of nitrogens with zero attached hydrogens (tertiary/aromatic N) is 3. The fraction of sp³-hybridized carbons (Fsp3) is 0.0909. The van der Waals surface area contributed by atoms with Gasteiger partial charge in [-0.25, -0.2) is 0 Å². The van der Waals surface area contributed by atoms with E-state index in [1.807, 2.05) is 42.5 Å². The molecule has 4 aromatic rings. The van der Waals surface area contributed by atoms with Crippen molar-refractivity contribution in [2.24, 2.45) is 0 Å². The van der Waals surface area contributed by atoms with E-state index in [0.717, 1.165) is 5.56 Å². The molecule has 29 heavy (non-hydrogen) atoms. The van der Waals surface area contributed by atoms with Crippen LogP contribution in [0.25, 0.3) is 23.0 Å². The summed E-state index contributed by atoms with van der Waals surface area (Å²) in [4.78, 5) is 28.4. The summed E-state index contributed by atoms with van der Waals surface area (Å²) in [5.74, 6) is 0.532. The Morgan fingerprint density at radius 1 is 1.03 bits per heavy atom. The Balaban J connectivity index is 1.50. The van der Waals surface area contributed by atoms with Crippen molar-refractivity contribution < 1.29 is 14.1 Å². The number of rotatable bonds is 6. The van der Waals surface area contributed by atoms with Crippen LogP contribution in [0.5, 0.6) is 0 Å². The number of Topliss-reactive ketones (excluding diaryl/α,β-unsaturated/α-hetero) is 1. The van der Waals surface area contributed by atoms with E-state index in [4.69, 9.17) is 4.52 Å². The van der Waals surface area contributed by atoms with Crippen molar-refractivity contribution in [1.82, 2.24) is 14.7 Å². The molecule has 0 saturated carbocycles. The molecule has 0 bridgehead atoms. The molecule has 0 aliphatic carbocycles. The number of anilines is 1. The first-order chi connectivity index (χ1) is 14.1. The van der Waals surface area contributed by atoms with Crippen molar-refractivity contribution in [2.75, 3.05) is 5.32 Å². The number of carbonyl (C=O) groups is 2. The minimum absolute atomic E-state index is 0.0561. The smallest absolute Gasteiger partial charge is 0.274 e. The first kappa shape index (κ1) is 18.4. The number of nitrogens with one attached hydrogen (secondary N) is 1. The molecule has 1 N–H and O–H groups in total. The Bertz CT molecular complexity index is 1160. The molecule has 0 aliphatic heterocycles. The minimum atomic E-state index is -0.231. The Labute approximate surface area is 167 Å². The highest BCUT2D eigenvalue weighted by molar-refractivity contribution is 5.97. The molecule has 4 rings (SSSR count). The van der Waals surface area contributed by atoms with Gasteiger partial charge in [0.25, 0.3) is 5.89 Å². The van der Waals surface area contributed by atoms with Crippen LogP contribution in [-0.4, -0.2) is 26.4 Å². The second-order valence-corrected chi connectivity index (χ2v) is 6.50. The van der Waals surface area contributed by atoms with Gasteiger partial charge in [-0.2, -0.15) is 4.98 Å². The molecule has 1 amide bonds. The molecule has 144 valence electrons. The van der Waals surface area contributed by atoms with Crippen molar-refractivity contribution in [3.8, 4) is 23.0 Å². The van der Waals surface area contributed by atoms with Crippen LogP contribution < -0.4 is 5.32 Å². The molecule has 0 atom stereocenters. The largest absolute Gasteiger partial charge is 0.334 e. The summed E-state index contributed by atoms with van der Waals surface area (Å²) >= 11 is 0. The molecule has 0 aliphatic rings. The molecule has 0 spiro atoms. The van der Waals surface area contributed by atoms with Crippen molar-refractivity contribution in [3.05, 3.63) is 78.5 Å². The molecule has 2 heterocycles. The lowest BCUT2D eigenvalue weighted by molar-refractivity contribution is -0.116. The summed E-state index contributed by atoms with van der Waals surface area (Å²) < 4.78 is 7.12. The van der Waals surface area contributed by atoms with E-state index in [9.17, 15) is 9.59 Å². The lowest BCUT2D eigenvalue weighted by atomic mass is 10.1. The van der Waals surface area contributed by atoms with Crippen molar-refractivity contribution in [1.29, 1.82) is 0 Å². The van der Waals surface area contributed by atoms with Gasteiger partial charge >= 0.3 is 0 Å². The first-order valence-electron chi connectivity index (χ1n) is 9.05. The average Bonchev–Trinajstić information content (AvgIpc) is 3.38. The number of benzene rings is 2. The van der Waals surface area contributed by atoms with Crippen LogP contribution in [0.2, 0.25) is 0 Å². The van der Waals surface area contributed by atoms with Crippen LogP contribution in [0.15, 0.2) is 77.4 Å². The number of hydrogen-bond donors (Lipinski definition) is 1. The van der Waals surface area contributed by atoms with Crippen molar-refractivity contribution in [3.63, 3.8) is 0 Å². The van der Waals surface area contributed by atoms with Gasteiger partial charge in [0.15, 0.2) is 5.78 Å². The average molecular weight is 386 g/mol. The van der Waals surface area contributed by atoms with E-state index in [2.05, 4.69) is 15.5 Å². The molecule has 7 nitrogen and oxygen atoms in total.